The minimum Gasteiger partial charge on any atom is -0.465 e. The van der Waals surface area contributed by atoms with Gasteiger partial charge in [-0.1, -0.05) is 13.8 Å². The molecular formula is C14H20N2O3. The quantitative estimate of drug-likeness (QED) is 0.792. The van der Waals surface area contributed by atoms with Gasteiger partial charge in [-0.05, 0) is 30.2 Å². The van der Waals surface area contributed by atoms with Crippen molar-refractivity contribution >= 4 is 17.6 Å². The smallest absolute Gasteiger partial charge is 0.337 e. The molecule has 0 fully saturated rings. The van der Waals surface area contributed by atoms with Gasteiger partial charge in [0, 0.05) is 12.2 Å². The number of hydrogen-bond acceptors (Lipinski definition) is 4. The van der Waals surface area contributed by atoms with Gasteiger partial charge in [0.05, 0.1) is 18.6 Å². The molecule has 1 aromatic rings. The third kappa shape index (κ3) is 4.06. The average Bonchev–Trinajstić information content (AvgIpc) is 2.39. The molecule has 0 radical (unpaired) electrons. The van der Waals surface area contributed by atoms with Crippen molar-refractivity contribution in [3.05, 3.63) is 29.8 Å². The van der Waals surface area contributed by atoms with E-state index < -0.39 is 5.97 Å². The van der Waals surface area contributed by atoms with E-state index in [1.54, 1.807) is 24.3 Å². The van der Waals surface area contributed by atoms with E-state index in [9.17, 15) is 9.59 Å². The molecule has 0 heterocycles. The summed E-state index contributed by atoms with van der Waals surface area (Å²) in [6.07, 6.45) is 0. The van der Waals surface area contributed by atoms with Crippen LogP contribution in [0.25, 0.3) is 0 Å². The van der Waals surface area contributed by atoms with Crippen LogP contribution in [0.1, 0.15) is 24.2 Å². The Hall–Kier alpha value is -1.88. The van der Waals surface area contributed by atoms with Crippen LogP contribution < -0.4 is 11.1 Å². The van der Waals surface area contributed by atoms with Crippen molar-refractivity contribution in [1.29, 1.82) is 0 Å². The Bertz CT molecular complexity index is 441. The van der Waals surface area contributed by atoms with Gasteiger partial charge in [-0.2, -0.15) is 0 Å². The fourth-order valence-corrected chi connectivity index (χ4v) is 1.72. The number of ether oxygens (including phenoxy) is 1. The maximum absolute atomic E-state index is 12.0. The molecule has 3 N–H and O–H groups in total. The number of anilines is 1. The molecule has 0 aromatic heterocycles. The highest BCUT2D eigenvalue weighted by Crippen LogP contribution is 2.15. The average molecular weight is 264 g/mol. The van der Waals surface area contributed by atoms with Gasteiger partial charge in [0.1, 0.15) is 0 Å². The molecular weight excluding hydrogens is 244 g/mol. The van der Waals surface area contributed by atoms with E-state index in [0.717, 1.165) is 0 Å². The number of nitrogens with one attached hydrogen (secondary N) is 1. The van der Waals surface area contributed by atoms with Crippen molar-refractivity contribution in [3.63, 3.8) is 0 Å². The number of benzene rings is 1. The van der Waals surface area contributed by atoms with Crippen molar-refractivity contribution in [2.24, 2.45) is 17.6 Å². The van der Waals surface area contributed by atoms with Crippen LogP contribution in [0.4, 0.5) is 5.69 Å². The molecule has 5 nitrogen and oxygen atoms in total. The highest BCUT2D eigenvalue weighted by molar-refractivity contribution is 5.94. The fourth-order valence-electron chi connectivity index (χ4n) is 1.72. The SMILES string of the molecule is COC(=O)c1ccc(NC(=O)C(CN)C(C)C)cc1. The van der Waals surface area contributed by atoms with Gasteiger partial charge in [0.15, 0.2) is 0 Å². The Kier molecular flexibility index (Phi) is 5.51. The van der Waals surface area contributed by atoms with Gasteiger partial charge in [-0.15, -0.1) is 0 Å². The number of amides is 1. The van der Waals surface area contributed by atoms with Gasteiger partial charge in [0.2, 0.25) is 5.91 Å². The standard InChI is InChI=1S/C14H20N2O3/c1-9(2)12(8-15)13(17)16-11-6-4-10(5-7-11)14(18)19-3/h4-7,9,12H,8,15H2,1-3H3,(H,16,17). The molecule has 0 saturated heterocycles. The summed E-state index contributed by atoms with van der Waals surface area (Å²) in [6, 6.07) is 6.54. The number of nitrogens with two attached hydrogens (primary N) is 1. The van der Waals surface area contributed by atoms with Crippen molar-refractivity contribution < 1.29 is 14.3 Å². The molecule has 0 aliphatic heterocycles. The molecule has 0 bridgehead atoms. The predicted molar refractivity (Wildman–Crippen MR) is 73.8 cm³/mol. The molecule has 0 aliphatic carbocycles. The zero-order valence-corrected chi connectivity index (χ0v) is 11.5. The lowest BCUT2D eigenvalue weighted by Gasteiger charge is -2.18. The maximum atomic E-state index is 12.0. The van der Waals surface area contributed by atoms with Crippen LogP contribution in [-0.2, 0) is 9.53 Å². The summed E-state index contributed by atoms with van der Waals surface area (Å²) in [7, 11) is 1.33. The summed E-state index contributed by atoms with van der Waals surface area (Å²) in [5.74, 6) is -0.553. The highest BCUT2D eigenvalue weighted by atomic mass is 16.5. The highest BCUT2D eigenvalue weighted by Gasteiger charge is 2.20. The molecule has 5 heteroatoms. The zero-order chi connectivity index (χ0) is 14.4. The van der Waals surface area contributed by atoms with E-state index in [2.05, 4.69) is 10.1 Å². The summed E-state index contributed by atoms with van der Waals surface area (Å²) in [5, 5.41) is 2.79. The first-order valence-corrected chi connectivity index (χ1v) is 6.19. The van der Waals surface area contributed by atoms with Crippen LogP contribution in [-0.4, -0.2) is 25.5 Å². The Morgan fingerprint density at radius 2 is 1.84 bits per heavy atom. The van der Waals surface area contributed by atoms with Crippen LogP contribution >= 0.6 is 0 Å². The van der Waals surface area contributed by atoms with Crippen molar-refractivity contribution in [2.45, 2.75) is 13.8 Å². The van der Waals surface area contributed by atoms with E-state index in [4.69, 9.17) is 5.73 Å². The third-order valence-corrected chi connectivity index (χ3v) is 2.97. The molecule has 19 heavy (non-hydrogen) atoms. The molecule has 1 aromatic carbocycles. The molecule has 0 saturated carbocycles. The summed E-state index contributed by atoms with van der Waals surface area (Å²) < 4.78 is 4.60. The monoisotopic (exact) mass is 264 g/mol. The van der Waals surface area contributed by atoms with Gasteiger partial charge in [-0.3, -0.25) is 4.79 Å². The van der Waals surface area contributed by atoms with Gasteiger partial charge in [-0.25, -0.2) is 4.79 Å². The van der Waals surface area contributed by atoms with Crippen molar-refractivity contribution in [3.8, 4) is 0 Å². The summed E-state index contributed by atoms with van der Waals surface area (Å²) >= 11 is 0. The molecule has 0 spiro atoms. The predicted octanol–water partition coefficient (Wildman–Crippen LogP) is 1.64. The number of esters is 1. The lowest BCUT2D eigenvalue weighted by Crippen LogP contribution is -2.33. The van der Waals surface area contributed by atoms with Crippen molar-refractivity contribution in [1.82, 2.24) is 0 Å². The summed E-state index contributed by atoms with van der Waals surface area (Å²) in [6.45, 7) is 4.22. The fraction of sp³-hybridized carbons (Fsp3) is 0.429. The number of hydrogen-bond donors (Lipinski definition) is 2. The number of carbonyl (C=O) groups is 2. The Balaban J connectivity index is 2.72. The minimum atomic E-state index is -0.403. The number of methoxy groups -OCH3 is 1. The van der Waals surface area contributed by atoms with Crippen LogP contribution in [0.3, 0.4) is 0 Å². The lowest BCUT2D eigenvalue weighted by molar-refractivity contribution is -0.120. The third-order valence-electron chi connectivity index (χ3n) is 2.97. The second-order valence-electron chi connectivity index (χ2n) is 4.64. The molecule has 104 valence electrons. The molecule has 1 rings (SSSR count). The van der Waals surface area contributed by atoms with E-state index >= 15 is 0 Å². The topological polar surface area (TPSA) is 81.4 Å². The van der Waals surface area contributed by atoms with Gasteiger partial charge >= 0.3 is 5.97 Å². The van der Waals surface area contributed by atoms with Crippen LogP contribution in [0.2, 0.25) is 0 Å². The van der Waals surface area contributed by atoms with Crippen molar-refractivity contribution in [2.75, 3.05) is 19.0 Å². The first kappa shape index (κ1) is 15.2. The van der Waals surface area contributed by atoms with E-state index in [1.807, 2.05) is 13.8 Å². The second-order valence-corrected chi connectivity index (χ2v) is 4.64. The molecule has 1 amide bonds. The first-order chi connectivity index (χ1) is 8.99. The maximum Gasteiger partial charge on any atom is 0.337 e. The van der Waals surface area contributed by atoms with Crippen LogP contribution in [0.5, 0.6) is 0 Å². The number of carbonyl (C=O) groups excluding carboxylic acids is 2. The normalized spacial score (nSPS) is 12.1. The Morgan fingerprint density at radius 3 is 2.26 bits per heavy atom. The van der Waals surface area contributed by atoms with Crippen LogP contribution in [0, 0.1) is 11.8 Å². The number of rotatable bonds is 5. The Labute approximate surface area is 113 Å². The molecule has 1 unspecified atom stereocenters. The lowest BCUT2D eigenvalue weighted by atomic mass is 9.95. The van der Waals surface area contributed by atoms with E-state index in [-0.39, 0.29) is 17.7 Å². The molecule has 0 aliphatic rings. The Morgan fingerprint density at radius 1 is 1.26 bits per heavy atom. The zero-order valence-electron chi connectivity index (χ0n) is 11.5. The molecule has 1 atom stereocenters. The van der Waals surface area contributed by atoms with Crippen LogP contribution in [0.15, 0.2) is 24.3 Å². The largest absolute Gasteiger partial charge is 0.465 e. The second kappa shape index (κ2) is 6.89. The van der Waals surface area contributed by atoms with Gasteiger partial charge < -0.3 is 15.8 Å². The minimum absolute atomic E-state index is 0.108. The van der Waals surface area contributed by atoms with E-state index in [0.29, 0.717) is 17.8 Å². The van der Waals surface area contributed by atoms with E-state index in [1.165, 1.54) is 7.11 Å². The van der Waals surface area contributed by atoms with Gasteiger partial charge in [0.25, 0.3) is 0 Å². The summed E-state index contributed by atoms with van der Waals surface area (Å²) in [4.78, 5) is 23.2. The first-order valence-electron chi connectivity index (χ1n) is 6.19. The summed E-state index contributed by atoms with van der Waals surface area (Å²) in [5.41, 5.74) is 6.67.